The van der Waals surface area contributed by atoms with E-state index in [4.69, 9.17) is 4.74 Å². The van der Waals surface area contributed by atoms with E-state index in [1.165, 1.54) is 38.8 Å². The molecule has 0 amide bonds. The molecular weight excluding hydrogens is 176 g/mol. The molecular formula is C11H22N2O. The van der Waals surface area contributed by atoms with E-state index >= 15 is 0 Å². The first kappa shape index (κ1) is 10.4. The summed E-state index contributed by atoms with van der Waals surface area (Å²) < 4.78 is 5.66. The SMILES string of the molecule is C1CCC(CNCC2CCNC2)OC1. The lowest BCUT2D eigenvalue weighted by Gasteiger charge is -2.23. The van der Waals surface area contributed by atoms with Crippen LogP contribution in [0.15, 0.2) is 0 Å². The Bertz CT molecular complexity index is 151. The molecule has 2 saturated heterocycles. The Morgan fingerprint density at radius 3 is 2.93 bits per heavy atom. The van der Waals surface area contributed by atoms with E-state index in [1.807, 2.05) is 0 Å². The van der Waals surface area contributed by atoms with E-state index < -0.39 is 0 Å². The van der Waals surface area contributed by atoms with Crippen molar-refractivity contribution in [2.75, 3.05) is 32.8 Å². The third-order valence-electron chi connectivity index (χ3n) is 3.24. The lowest BCUT2D eigenvalue weighted by molar-refractivity contribution is 0.0166. The third kappa shape index (κ3) is 3.23. The highest BCUT2D eigenvalue weighted by molar-refractivity contribution is 4.74. The molecule has 0 aliphatic carbocycles. The summed E-state index contributed by atoms with van der Waals surface area (Å²) in [5.41, 5.74) is 0. The molecule has 3 heteroatoms. The summed E-state index contributed by atoms with van der Waals surface area (Å²) in [5, 5.41) is 6.92. The Labute approximate surface area is 86.6 Å². The van der Waals surface area contributed by atoms with E-state index in [1.54, 1.807) is 0 Å². The van der Waals surface area contributed by atoms with Crippen LogP contribution in [0.1, 0.15) is 25.7 Å². The maximum absolute atomic E-state index is 5.66. The van der Waals surface area contributed by atoms with Gasteiger partial charge in [-0.25, -0.2) is 0 Å². The lowest BCUT2D eigenvalue weighted by atomic mass is 10.1. The number of rotatable bonds is 4. The zero-order valence-electron chi connectivity index (χ0n) is 8.93. The van der Waals surface area contributed by atoms with Gasteiger partial charge in [-0.1, -0.05) is 0 Å². The molecule has 0 aromatic heterocycles. The average Bonchev–Trinajstić information content (AvgIpc) is 2.72. The van der Waals surface area contributed by atoms with Gasteiger partial charge < -0.3 is 15.4 Å². The summed E-state index contributed by atoms with van der Waals surface area (Å²) in [6, 6.07) is 0. The molecule has 0 aromatic carbocycles. The molecule has 14 heavy (non-hydrogen) atoms. The molecule has 2 atom stereocenters. The first-order valence-corrected chi connectivity index (χ1v) is 5.98. The van der Waals surface area contributed by atoms with Gasteiger partial charge in [0.1, 0.15) is 0 Å². The summed E-state index contributed by atoms with van der Waals surface area (Å²) in [5.74, 6) is 0.846. The predicted octanol–water partition coefficient (Wildman–Crippen LogP) is 0.755. The summed E-state index contributed by atoms with van der Waals surface area (Å²) >= 11 is 0. The largest absolute Gasteiger partial charge is 0.377 e. The van der Waals surface area contributed by atoms with Gasteiger partial charge >= 0.3 is 0 Å². The molecule has 2 rings (SSSR count). The van der Waals surface area contributed by atoms with Gasteiger partial charge in [0.2, 0.25) is 0 Å². The molecule has 0 spiro atoms. The molecule has 2 fully saturated rings. The third-order valence-corrected chi connectivity index (χ3v) is 3.24. The second-order valence-corrected chi connectivity index (χ2v) is 4.51. The highest BCUT2D eigenvalue weighted by atomic mass is 16.5. The van der Waals surface area contributed by atoms with Gasteiger partial charge in [0.05, 0.1) is 6.10 Å². The van der Waals surface area contributed by atoms with Crippen LogP contribution in [0.4, 0.5) is 0 Å². The Hall–Kier alpha value is -0.120. The Morgan fingerprint density at radius 2 is 2.21 bits per heavy atom. The second kappa shape index (κ2) is 5.69. The summed E-state index contributed by atoms with van der Waals surface area (Å²) in [7, 11) is 0. The van der Waals surface area contributed by atoms with Crippen LogP contribution in [0.2, 0.25) is 0 Å². The average molecular weight is 198 g/mol. The van der Waals surface area contributed by atoms with Gasteiger partial charge in [-0.2, -0.15) is 0 Å². The monoisotopic (exact) mass is 198 g/mol. The van der Waals surface area contributed by atoms with Gasteiger partial charge in [0, 0.05) is 13.2 Å². The van der Waals surface area contributed by atoms with Crippen LogP contribution in [0.25, 0.3) is 0 Å². The Balaban J connectivity index is 1.52. The normalized spacial score (nSPS) is 33.4. The molecule has 0 bridgehead atoms. The van der Waals surface area contributed by atoms with Crippen molar-refractivity contribution in [1.29, 1.82) is 0 Å². The van der Waals surface area contributed by atoms with Crippen LogP contribution in [0, 0.1) is 5.92 Å². The molecule has 82 valence electrons. The van der Waals surface area contributed by atoms with Crippen LogP contribution in [-0.4, -0.2) is 38.9 Å². The minimum atomic E-state index is 0.484. The Morgan fingerprint density at radius 1 is 1.21 bits per heavy atom. The minimum Gasteiger partial charge on any atom is -0.377 e. The van der Waals surface area contributed by atoms with Crippen molar-refractivity contribution in [3.8, 4) is 0 Å². The maximum Gasteiger partial charge on any atom is 0.0699 e. The summed E-state index contributed by atoms with van der Waals surface area (Å²) in [4.78, 5) is 0. The fourth-order valence-corrected chi connectivity index (χ4v) is 2.31. The number of hydrogen-bond donors (Lipinski definition) is 2. The fraction of sp³-hybridized carbons (Fsp3) is 1.00. The molecule has 0 aromatic rings. The van der Waals surface area contributed by atoms with E-state index in [2.05, 4.69) is 10.6 Å². The van der Waals surface area contributed by atoms with Crippen molar-refractivity contribution in [1.82, 2.24) is 10.6 Å². The minimum absolute atomic E-state index is 0.484. The number of ether oxygens (including phenoxy) is 1. The molecule has 2 aliphatic rings. The molecule has 0 saturated carbocycles. The zero-order chi connectivity index (χ0) is 9.64. The van der Waals surface area contributed by atoms with Crippen molar-refractivity contribution in [2.45, 2.75) is 31.8 Å². The van der Waals surface area contributed by atoms with Crippen LogP contribution in [-0.2, 0) is 4.74 Å². The standard InChI is InChI=1S/C11H22N2O/c1-2-6-14-11(3-1)9-13-8-10-4-5-12-7-10/h10-13H,1-9H2. The van der Waals surface area contributed by atoms with Crippen LogP contribution < -0.4 is 10.6 Å². The molecule has 2 heterocycles. The summed E-state index contributed by atoms with van der Waals surface area (Å²) in [6.45, 7) is 5.57. The lowest BCUT2D eigenvalue weighted by Crippen LogP contribution is -2.34. The van der Waals surface area contributed by atoms with Gasteiger partial charge in [0.15, 0.2) is 0 Å². The van der Waals surface area contributed by atoms with Gasteiger partial charge in [-0.05, 0) is 51.2 Å². The molecule has 3 nitrogen and oxygen atoms in total. The smallest absolute Gasteiger partial charge is 0.0699 e. The number of nitrogens with one attached hydrogen (secondary N) is 2. The van der Waals surface area contributed by atoms with Crippen molar-refractivity contribution >= 4 is 0 Å². The van der Waals surface area contributed by atoms with Crippen LogP contribution in [0.5, 0.6) is 0 Å². The van der Waals surface area contributed by atoms with Crippen molar-refractivity contribution in [2.24, 2.45) is 5.92 Å². The van der Waals surface area contributed by atoms with Gasteiger partial charge in [-0.15, -0.1) is 0 Å². The van der Waals surface area contributed by atoms with E-state index in [9.17, 15) is 0 Å². The molecule has 2 N–H and O–H groups in total. The van der Waals surface area contributed by atoms with Crippen molar-refractivity contribution in [3.05, 3.63) is 0 Å². The van der Waals surface area contributed by atoms with E-state index in [0.717, 1.165) is 25.6 Å². The van der Waals surface area contributed by atoms with Crippen molar-refractivity contribution in [3.63, 3.8) is 0 Å². The first-order valence-electron chi connectivity index (χ1n) is 5.98. The maximum atomic E-state index is 5.66. The number of hydrogen-bond acceptors (Lipinski definition) is 3. The first-order chi connectivity index (χ1) is 6.95. The summed E-state index contributed by atoms with van der Waals surface area (Å²) in [6.07, 6.45) is 5.66. The molecule has 0 radical (unpaired) electrons. The highest BCUT2D eigenvalue weighted by Gasteiger charge is 2.16. The quantitative estimate of drug-likeness (QED) is 0.699. The van der Waals surface area contributed by atoms with Crippen LogP contribution >= 0.6 is 0 Å². The second-order valence-electron chi connectivity index (χ2n) is 4.51. The van der Waals surface area contributed by atoms with Gasteiger partial charge in [0.25, 0.3) is 0 Å². The van der Waals surface area contributed by atoms with Crippen LogP contribution in [0.3, 0.4) is 0 Å². The molecule has 2 aliphatic heterocycles. The van der Waals surface area contributed by atoms with E-state index in [0.29, 0.717) is 6.10 Å². The topological polar surface area (TPSA) is 33.3 Å². The Kier molecular flexibility index (Phi) is 4.22. The zero-order valence-corrected chi connectivity index (χ0v) is 8.93. The fourth-order valence-electron chi connectivity index (χ4n) is 2.31. The predicted molar refractivity (Wildman–Crippen MR) is 57.4 cm³/mol. The highest BCUT2D eigenvalue weighted by Crippen LogP contribution is 2.12. The van der Waals surface area contributed by atoms with E-state index in [-0.39, 0.29) is 0 Å². The molecule has 2 unspecified atom stereocenters. The van der Waals surface area contributed by atoms with Gasteiger partial charge in [-0.3, -0.25) is 0 Å². The van der Waals surface area contributed by atoms with Crippen molar-refractivity contribution < 1.29 is 4.74 Å².